The van der Waals surface area contributed by atoms with Crippen molar-refractivity contribution in [1.29, 1.82) is 0 Å². The Kier molecular flexibility index (Phi) is 13.8. The van der Waals surface area contributed by atoms with Crippen LogP contribution in [0.1, 0.15) is 57.5 Å². The van der Waals surface area contributed by atoms with Gasteiger partial charge in [-0.1, -0.05) is 127 Å². The largest absolute Gasteiger partial charge is 0.494 e. The van der Waals surface area contributed by atoms with Crippen LogP contribution in [0.25, 0.3) is 0 Å². The highest BCUT2D eigenvalue weighted by Crippen LogP contribution is 2.42. The summed E-state index contributed by atoms with van der Waals surface area (Å²) in [5.41, 5.74) is 7.54. The van der Waals surface area contributed by atoms with Crippen LogP contribution in [-0.4, -0.2) is 44.2 Å². The lowest BCUT2D eigenvalue weighted by molar-refractivity contribution is -0.275. The summed E-state index contributed by atoms with van der Waals surface area (Å²) in [6, 6.07) is 49.8. The third-order valence-corrected chi connectivity index (χ3v) is 10.8. The number of ether oxygens (including phenoxy) is 7. The molecule has 1 fully saturated rings. The number of benzene rings is 6. The molecular formula is C51H51FO7. The third kappa shape index (κ3) is 10.5. The maximum Gasteiger partial charge on any atom is 0.130 e. The van der Waals surface area contributed by atoms with Crippen molar-refractivity contribution in [3.8, 4) is 11.5 Å². The minimum atomic E-state index is -0.611. The molecule has 8 rings (SSSR count). The van der Waals surface area contributed by atoms with E-state index in [9.17, 15) is 0 Å². The van der Waals surface area contributed by atoms with E-state index in [1.165, 1.54) is 6.07 Å². The van der Waals surface area contributed by atoms with Gasteiger partial charge in [0.05, 0.1) is 46.2 Å². The van der Waals surface area contributed by atoms with Crippen LogP contribution in [0.4, 0.5) is 4.39 Å². The molecule has 2 heterocycles. The lowest BCUT2D eigenvalue weighted by Crippen LogP contribution is -2.58. The first-order chi connectivity index (χ1) is 29.1. The molecule has 1 saturated heterocycles. The second kappa shape index (κ2) is 20.1. The Hall–Kier alpha value is -5.35. The van der Waals surface area contributed by atoms with Crippen molar-refractivity contribution in [2.45, 2.75) is 76.7 Å². The van der Waals surface area contributed by atoms with Gasteiger partial charge in [-0.25, -0.2) is 4.39 Å². The van der Waals surface area contributed by atoms with Crippen LogP contribution < -0.4 is 9.47 Å². The van der Waals surface area contributed by atoms with E-state index in [0.717, 1.165) is 51.1 Å². The van der Waals surface area contributed by atoms with E-state index in [4.69, 9.17) is 33.2 Å². The van der Waals surface area contributed by atoms with Crippen LogP contribution in [0.2, 0.25) is 0 Å². The van der Waals surface area contributed by atoms with Crippen LogP contribution in [-0.2, 0) is 63.0 Å². The lowest BCUT2D eigenvalue weighted by atomic mass is 9.87. The topological polar surface area (TPSA) is 64.6 Å². The molecule has 0 radical (unpaired) electrons. The van der Waals surface area contributed by atoms with E-state index in [2.05, 4.69) is 60.7 Å². The van der Waals surface area contributed by atoms with Gasteiger partial charge in [-0.2, -0.15) is 0 Å². The van der Waals surface area contributed by atoms with Gasteiger partial charge in [0.1, 0.15) is 47.8 Å². The van der Waals surface area contributed by atoms with Crippen LogP contribution >= 0.6 is 0 Å². The Morgan fingerprint density at radius 2 is 1.15 bits per heavy atom. The molecule has 0 unspecified atom stereocenters. The van der Waals surface area contributed by atoms with Crippen molar-refractivity contribution in [3.63, 3.8) is 0 Å². The Morgan fingerprint density at radius 1 is 0.593 bits per heavy atom. The fourth-order valence-electron chi connectivity index (χ4n) is 7.90. The van der Waals surface area contributed by atoms with E-state index in [1.54, 1.807) is 6.07 Å². The minimum Gasteiger partial charge on any atom is -0.494 e. The zero-order valence-electron chi connectivity index (χ0n) is 33.4. The molecule has 59 heavy (non-hydrogen) atoms. The predicted octanol–water partition coefficient (Wildman–Crippen LogP) is 10.2. The van der Waals surface area contributed by atoms with Gasteiger partial charge in [0.2, 0.25) is 0 Å². The Morgan fingerprint density at radius 3 is 1.73 bits per heavy atom. The average Bonchev–Trinajstić information content (AvgIpc) is 3.76. The molecule has 6 aromatic rings. The van der Waals surface area contributed by atoms with Crippen LogP contribution in [0.5, 0.6) is 11.5 Å². The van der Waals surface area contributed by atoms with Crippen molar-refractivity contribution in [1.82, 2.24) is 0 Å². The van der Waals surface area contributed by atoms with Crippen LogP contribution in [0, 0.1) is 5.82 Å². The molecule has 8 heteroatoms. The van der Waals surface area contributed by atoms with Crippen molar-refractivity contribution in [2.24, 2.45) is 0 Å². The summed E-state index contributed by atoms with van der Waals surface area (Å²) in [6.07, 6.45) is -1.84. The summed E-state index contributed by atoms with van der Waals surface area (Å²) in [5.74, 6) is 0.974. The highest BCUT2D eigenvalue weighted by atomic mass is 19.1. The van der Waals surface area contributed by atoms with Gasteiger partial charge in [0.25, 0.3) is 0 Å². The second-order valence-corrected chi connectivity index (χ2v) is 15.0. The van der Waals surface area contributed by atoms with Crippen LogP contribution in [0.3, 0.4) is 0 Å². The minimum absolute atomic E-state index is 0.250. The van der Waals surface area contributed by atoms with Gasteiger partial charge >= 0.3 is 0 Å². The molecule has 0 bridgehead atoms. The van der Waals surface area contributed by atoms with Crippen molar-refractivity contribution in [3.05, 3.63) is 202 Å². The molecule has 7 nitrogen and oxygen atoms in total. The van der Waals surface area contributed by atoms with E-state index in [-0.39, 0.29) is 12.4 Å². The predicted molar refractivity (Wildman–Crippen MR) is 225 cm³/mol. The number of rotatable bonds is 18. The summed E-state index contributed by atoms with van der Waals surface area (Å²) >= 11 is 0. The summed E-state index contributed by atoms with van der Waals surface area (Å²) < 4.78 is 62.0. The van der Waals surface area contributed by atoms with E-state index < -0.39 is 30.5 Å². The molecule has 0 aromatic heterocycles. The number of fused-ring (bicyclic) bond motifs is 1. The Balaban J connectivity index is 1.19. The summed E-state index contributed by atoms with van der Waals surface area (Å²) in [5, 5.41) is 0. The molecule has 2 aliphatic rings. The first kappa shape index (κ1) is 40.4. The lowest BCUT2D eigenvalue weighted by Gasteiger charge is -2.46. The molecule has 0 spiro atoms. The van der Waals surface area contributed by atoms with Crippen molar-refractivity contribution < 1.29 is 37.5 Å². The van der Waals surface area contributed by atoms with Crippen LogP contribution in [0.15, 0.2) is 152 Å². The summed E-state index contributed by atoms with van der Waals surface area (Å²) in [6.45, 7) is 4.57. The van der Waals surface area contributed by atoms with Gasteiger partial charge in [-0.15, -0.1) is 0 Å². The smallest absolute Gasteiger partial charge is 0.130 e. The normalized spacial score (nSPS) is 19.9. The zero-order valence-corrected chi connectivity index (χ0v) is 33.4. The molecule has 0 aliphatic carbocycles. The fraction of sp³-hybridized carbons (Fsp3) is 0.294. The number of hydrogen-bond donors (Lipinski definition) is 0. The van der Waals surface area contributed by atoms with Crippen molar-refractivity contribution in [2.75, 3.05) is 19.8 Å². The highest BCUT2D eigenvalue weighted by Gasteiger charge is 2.49. The fourth-order valence-corrected chi connectivity index (χ4v) is 7.90. The quantitative estimate of drug-likeness (QED) is 0.0859. The molecule has 0 saturated carbocycles. The van der Waals surface area contributed by atoms with Gasteiger partial charge < -0.3 is 33.2 Å². The van der Waals surface area contributed by atoms with Gasteiger partial charge in [-0.3, -0.25) is 0 Å². The van der Waals surface area contributed by atoms with Crippen molar-refractivity contribution >= 4 is 0 Å². The monoisotopic (exact) mass is 794 g/mol. The van der Waals surface area contributed by atoms with E-state index >= 15 is 4.39 Å². The molecule has 0 amide bonds. The first-order valence-electron chi connectivity index (χ1n) is 20.5. The van der Waals surface area contributed by atoms with E-state index in [0.29, 0.717) is 57.4 Å². The maximum atomic E-state index is 15.6. The number of halogens is 1. The third-order valence-electron chi connectivity index (χ3n) is 10.8. The van der Waals surface area contributed by atoms with Gasteiger partial charge in [-0.05, 0) is 69.6 Å². The molecule has 2 aliphatic heterocycles. The van der Waals surface area contributed by atoms with Gasteiger partial charge in [0.15, 0.2) is 0 Å². The highest BCUT2D eigenvalue weighted by molar-refractivity contribution is 5.50. The average molecular weight is 795 g/mol. The van der Waals surface area contributed by atoms with Gasteiger partial charge in [0, 0.05) is 18.9 Å². The van der Waals surface area contributed by atoms with E-state index in [1.807, 2.05) is 85.8 Å². The number of hydrogen-bond acceptors (Lipinski definition) is 7. The SMILES string of the molecule is CCOc1ccc(Cc2cc([C@@H]3O[C@H](COCc4ccccc4)[C@@H](OCc4ccccc4)[C@H](OCc4ccccc4)[C@H]3OCc3ccccc3)cc3c2OCC3)c(F)c1. The zero-order chi connectivity index (χ0) is 40.2. The molecular weight excluding hydrogens is 744 g/mol. The Bertz CT molecular complexity index is 2200. The standard InChI is InChI=1S/C51H51FO7/c1-2-54-44-24-23-40(45(52)30-44)27-42-29-43(28-41-25-26-55-47(41)42)48-50(57-33-38-19-11-5-12-20-38)51(58-34-39-21-13-6-14-22-39)49(56-32-37-17-9-4-10-18-37)46(59-48)35-53-31-36-15-7-3-8-16-36/h3-24,28-30,46,48-51H,2,25-27,31-35H2,1H3/t46-,48+,49-,50+,51+/m1/s1. The summed E-state index contributed by atoms with van der Waals surface area (Å²) in [4.78, 5) is 0. The first-order valence-corrected chi connectivity index (χ1v) is 20.5. The second-order valence-electron chi connectivity index (χ2n) is 15.0. The molecule has 304 valence electrons. The Labute approximate surface area is 346 Å². The summed E-state index contributed by atoms with van der Waals surface area (Å²) in [7, 11) is 0. The molecule has 6 aromatic carbocycles. The maximum absolute atomic E-state index is 15.6. The molecule has 5 atom stereocenters. The molecule has 0 N–H and O–H groups in total.